The van der Waals surface area contributed by atoms with E-state index in [2.05, 4.69) is 16.5 Å². The molecule has 0 bridgehead atoms. The van der Waals surface area contributed by atoms with Crippen molar-refractivity contribution in [1.29, 1.82) is 0 Å². The fourth-order valence-corrected chi connectivity index (χ4v) is 6.92. The SMILES string of the molecule is CC(C)C[C@@H](NS(=O)(=O)c1ccccc1)C(=O)N1CCC[C@H]1C(=O)C1(NC(=O)OCc2ccccc2)CC[CH]CC1. The van der Waals surface area contributed by atoms with E-state index in [0.717, 1.165) is 5.56 Å². The maximum Gasteiger partial charge on any atom is 0.408 e. The minimum atomic E-state index is -3.96. The van der Waals surface area contributed by atoms with Crippen LogP contribution in [0.4, 0.5) is 4.79 Å². The van der Waals surface area contributed by atoms with E-state index in [1.54, 1.807) is 18.2 Å². The molecule has 4 rings (SSSR count). The first-order valence-electron chi connectivity index (χ1n) is 14.3. The number of Topliss-reactive ketones (excluding diaryl/α,β-unsaturated/α-hetero) is 1. The normalized spacial score (nSPS) is 19.5. The van der Waals surface area contributed by atoms with Gasteiger partial charge in [-0.1, -0.05) is 62.4 Å². The largest absolute Gasteiger partial charge is 0.445 e. The zero-order chi connectivity index (χ0) is 29.5. The van der Waals surface area contributed by atoms with Crippen molar-refractivity contribution >= 4 is 27.8 Å². The number of amides is 2. The number of carbonyl (C=O) groups excluding carboxylic acids is 3. The molecule has 1 aliphatic carbocycles. The third-order valence-corrected chi connectivity index (χ3v) is 9.26. The molecule has 2 amide bonds. The van der Waals surface area contributed by atoms with E-state index in [0.29, 0.717) is 45.1 Å². The molecule has 2 N–H and O–H groups in total. The van der Waals surface area contributed by atoms with Crippen molar-refractivity contribution in [3.05, 3.63) is 72.6 Å². The molecule has 1 radical (unpaired) electrons. The fourth-order valence-electron chi connectivity index (χ4n) is 5.70. The molecule has 41 heavy (non-hydrogen) atoms. The predicted molar refractivity (Wildman–Crippen MR) is 155 cm³/mol. The van der Waals surface area contributed by atoms with Crippen molar-refractivity contribution in [2.45, 2.75) is 87.9 Å². The van der Waals surface area contributed by atoms with E-state index in [1.165, 1.54) is 17.0 Å². The van der Waals surface area contributed by atoms with Crippen LogP contribution >= 0.6 is 0 Å². The van der Waals surface area contributed by atoms with Crippen LogP contribution in [0.25, 0.3) is 0 Å². The summed E-state index contributed by atoms with van der Waals surface area (Å²) in [5, 5.41) is 2.88. The quantitative estimate of drug-likeness (QED) is 0.406. The summed E-state index contributed by atoms with van der Waals surface area (Å²) in [5.74, 6) is -0.610. The van der Waals surface area contributed by atoms with Gasteiger partial charge in [0.15, 0.2) is 5.78 Å². The van der Waals surface area contributed by atoms with E-state index in [4.69, 9.17) is 4.74 Å². The van der Waals surface area contributed by atoms with E-state index in [1.807, 2.05) is 44.2 Å². The lowest BCUT2D eigenvalue weighted by molar-refractivity contribution is -0.142. The molecular weight excluding hydrogens is 542 g/mol. The Morgan fingerprint density at radius 2 is 1.63 bits per heavy atom. The van der Waals surface area contributed by atoms with Gasteiger partial charge in [0.25, 0.3) is 0 Å². The van der Waals surface area contributed by atoms with Crippen molar-refractivity contribution in [2.24, 2.45) is 5.92 Å². The van der Waals surface area contributed by atoms with Crippen LogP contribution < -0.4 is 10.0 Å². The molecule has 2 aromatic rings. The third kappa shape index (κ3) is 7.74. The molecule has 2 fully saturated rings. The molecule has 1 saturated carbocycles. The Kier molecular flexibility index (Phi) is 10.2. The van der Waals surface area contributed by atoms with Gasteiger partial charge < -0.3 is 15.0 Å². The summed E-state index contributed by atoms with van der Waals surface area (Å²) in [4.78, 5) is 42.6. The third-order valence-electron chi connectivity index (χ3n) is 7.77. The van der Waals surface area contributed by atoms with Gasteiger partial charge in [-0.05, 0) is 75.0 Å². The Morgan fingerprint density at radius 3 is 2.27 bits per heavy atom. The molecule has 2 aromatic carbocycles. The van der Waals surface area contributed by atoms with Gasteiger partial charge in [0, 0.05) is 6.54 Å². The van der Waals surface area contributed by atoms with E-state index >= 15 is 0 Å². The molecule has 0 unspecified atom stereocenters. The van der Waals surface area contributed by atoms with E-state index in [-0.39, 0.29) is 29.6 Å². The van der Waals surface area contributed by atoms with E-state index < -0.39 is 39.6 Å². The summed E-state index contributed by atoms with van der Waals surface area (Å²) in [5.41, 5.74) is -0.325. The maximum absolute atomic E-state index is 14.2. The number of sulfonamides is 1. The highest BCUT2D eigenvalue weighted by atomic mass is 32.2. The van der Waals surface area contributed by atoms with Crippen LogP contribution in [0.3, 0.4) is 0 Å². The van der Waals surface area contributed by atoms with Crippen molar-refractivity contribution in [2.75, 3.05) is 6.54 Å². The topological polar surface area (TPSA) is 122 Å². The molecule has 0 aromatic heterocycles. The smallest absolute Gasteiger partial charge is 0.408 e. The minimum absolute atomic E-state index is 0.0282. The van der Waals surface area contributed by atoms with Gasteiger partial charge in [-0.25, -0.2) is 13.2 Å². The highest BCUT2D eigenvalue weighted by Gasteiger charge is 2.49. The summed E-state index contributed by atoms with van der Waals surface area (Å²) in [6, 6.07) is 15.5. The molecule has 1 saturated heterocycles. The summed E-state index contributed by atoms with van der Waals surface area (Å²) in [6.45, 7) is 4.26. The van der Waals surface area contributed by atoms with Gasteiger partial charge in [0.05, 0.1) is 10.9 Å². The van der Waals surface area contributed by atoms with Crippen LogP contribution in [-0.2, 0) is 31.0 Å². The molecule has 1 aliphatic heterocycles. The second-order valence-electron chi connectivity index (χ2n) is 11.3. The number of benzene rings is 2. The average Bonchev–Trinajstić information content (AvgIpc) is 3.46. The van der Waals surface area contributed by atoms with Gasteiger partial charge in [-0.3, -0.25) is 9.59 Å². The van der Waals surface area contributed by atoms with Crippen LogP contribution in [0, 0.1) is 12.3 Å². The second-order valence-corrected chi connectivity index (χ2v) is 13.0. The fraction of sp³-hybridized carbons (Fsp3) is 0.484. The summed E-state index contributed by atoms with van der Waals surface area (Å²) in [7, 11) is -3.96. The van der Waals surface area contributed by atoms with Crippen LogP contribution in [-0.4, -0.2) is 55.3 Å². The summed E-state index contributed by atoms with van der Waals surface area (Å²) < 4.78 is 34.3. The first-order chi connectivity index (χ1) is 19.6. The molecule has 221 valence electrons. The Morgan fingerprint density at radius 1 is 1.00 bits per heavy atom. The Labute approximate surface area is 243 Å². The Balaban J connectivity index is 1.51. The molecule has 9 nitrogen and oxygen atoms in total. The number of ether oxygens (including phenoxy) is 1. The second kappa shape index (κ2) is 13.6. The number of carbonyl (C=O) groups is 3. The molecule has 10 heteroatoms. The highest BCUT2D eigenvalue weighted by molar-refractivity contribution is 7.89. The molecule has 2 aliphatic rings. The van der Waals surface area contributed by atoms with Gasteiger partial charge in [0.1, 0.15) is 18.2 Å². The average molecular weight is 583 g/mol. The number of alkyl carbamates (subject to hydrolysis) is 1. The van der Waals surface area contributed by atoms with Crippen molar-refractivity contribution in [3.8, 4) is 0 Å². The standard InChI is InChI=1S/C31H40N3O6S/c1-23(2)21-26(33-41(38,39)25-15-8-4-9-16-25)29(36)34-20-12-17-27(34)28(35)31(18-10-5-11-19-31)32-30(37)40-22-24-13-6-3-7-14-24/h3-9,13-16,23,26-27,33H,10-12,17-22H2,1-2H3,(H,32,37)/t26-,27+/m1/s1. The Hall–Kier alpha value is -3.24. The van der Waals surface area contributed by atoms with Gasteiger partial charge in [-0.2, -0.15) is 4.72 Å². The lowest BCUT2D eigenvalue weighted by atomic mass is 9.76. The molecule has 0 spiro atoms. The number of nitrogens with one attached hydrogen (secondary N) is 2. The van der Waals surface area contributed by atoms with Crippen LogP contribution in [0.2, 0.25) is 0 Å². The highest BCUT2D eigenvalue weighted by Crippen LogP contribution is 2.34. The predicted octanol–water partition coefficient (Wildman–Crippen LogP) is 4.38. The van der Waals surface area contributed by atoms with Crippen LogP contribution in [0.1, 0.15) is 64.4 Å². The number of nitrogens with zero attached hydrogens (tertiary/aromatic N) is 1. The zero-order valence-electron chi connectivity index (χ0n) is 23.8. The number of hydrogen-bond donors (Lipinski definition) is 2. The van der Waals surface area contributed by atoms with Gasteiger partial charge in [-0.15, -0.1) is 0 Å². The van der Waals surface area contributed by atoms with Crippen molar-refractivity contribution in [1.82, 2.24) is 14.9 Å². The number of hydrogen-bond acceptors (Lipinski definition) is 6. The number of likely N-dealkylation sites (tertiary alicyclic amines) is 1. The Bertz CT molecular complexity index is 1290. The molecule has 2 atom stereocenters. The van der Waals surface area contributed by atoms with Crippen molar-refractivity contribution in [3.63, 3.8) is 0 Å². The monoisotopic (exact) mass is 582 g/mol. The van der Waals surface area contributed by atoms with Gasteiger partial charge in [0.2, 0.25) is 15.9 Å². The zero-order valence-corrected chi connectivity index (χ0v) is 24.6. The minimum Gasteiger partial charge on any atom is -0.445 e. The summed E-state index contributed by atoms with van der Waals surface area (Å²) in [6.07, 6.45) is 4.91. The molecule has 1 heterocycles. The van der Waals surface area contributed by atoms with Gasteiger partial charge >= 0.3 is 6.09 Å². The lowest BCUT2D eigenvalue weighted by Gasteiger charge is -2.40. The van der Waals surface area contributed by atoms with E-state index in [9.17, 15) is 22.8 Å². The van der Waals surface area contributed by atoms with Crippen LogP contribution in [0.5, 0.6) is 0 Å². The first kappa shape index (κ1) is 30.7. The molecular formula is C31H40N3O6S. The maximum atomic E-state index is 14.2. The number of rotatable bonds is 11. The summed E-state index contributed by atoms with van der Waals surface area (Å²) >= 11 is 0. The van der Waals surface area contributed by atoms with Crippen molar-refractivity contribution < 1.29 is 27.5 Å². The first-order valence-corrected chi connectivity index (χ1v) is 15.8. The van der Waals surface area contributed by atoms with Crippen LogP contribution in [0.15, 0.2) is 65.6 Å². The lowest BCUT2D eigenvalue weighted by Crippen LogP contribution is -2.62. The number of ketones is 1.